The van der Waals surface area contributed by atoms with Gasteiger partial charge in [-0.15, -0.1) is 0 Å². The first-order chi connectivity index (χ1) is 17.3. The molecule has 5 rings (SSSR count). The number of hydrogen-bond donors (Lipinski definition) is 1. The third-order valence-corrected chi connectivity index (χ3v) is 6.28. The van der Waals surface area contributed by atoms with Gasteiger partial charge in [-0.2, -0.15) is 13.2 Å². The van der Waals surface area contributed by atoms with Crippen molar-refractivity contribution in [2.75, 3.05) is 18.4 Å². The molecule has 0 spiro atoms. The molecule has 4 aromatic rings. The van der Waals surface area contributed by atoms with Crippen molar-refractivity contribution >= 4 is 28.4 Å². The summed E-state index contributed by atoms with van der Waals surface area (Å²) in [4.78, 5) is 32.0. The summed E-state index contributed by atoms with van der Waals surface area (Å²) in [5.74, 6) is -0.426. The number of halogens is 3. The van der Waals surface area contributed by atoms with Crippen molar-refractivity contribution in [1.29, 1.82) is 0 Å². The predicted octanol–water partition coefficient (Wildman–Crippen LogP) is 6.41. The molecule has 1 aromatic heterocycles. The molecule has 3 aromatic carbocycles. The molecule has 1 fully saturated rings. The van der Waals surface area contributed by atoms with Crippen molar-refractivity contribution in [3.8, 4) is 11.1 Å². The van der Waals surface area contributed by atoms with Crippen molar-refractivity contribution in [3.05, 3.63) is 95.7 Å². The summed E-state index contributed by atoms with van der Waals surface area (Å²) in [6, 6.07) is 18.5. The highest BCUT2D eigenvalue weighted by molar-refractivity contribution is 6.09. The summed E-state index contributed by atoms with van der Waals surface area (Å²) in [6.07, 6.45) is -0.855. The van der Waals surface area contributed by atoms with Crippen LogP contribution in [-0.2, 0) is 6.18 Å². The lowest BCUT2D eigenvalue weighted by atomic mass is 9.98. The Labute approximate surface area is 205 Å². The Hall–Kier alpha value is -4.20. The number of alkyl halides is 3. The molecule has 8 heteroatoms. The maximum Gasteiger partial charge on any atom is 0.416 e. The Kier molecular flexibility index (Phi) is 6.18. The minimum Gasteiger partial charge on any atom is -0.339 e. The summed E-state index contributed by atoms with van der Waals surface area (Å²) in [6.45, 7) is 1.52. The number of nitrogens with one attached hydrogen (secondary N) is 1. The molecule has 36 heavy (non-hydrogen) atoms. The first-order valence-corrected chi connectivity index (χ1v) is 11.6. The second kappa shape index (κ2) is 9.45. The van der Waals surface area contributed by atoms with Gasteiger partial charge in [0.25, 0.3) is 11.8 Å². The van der Waals surface area contributed by atoms with Crippen molar-refractivity contribution in [2.45, 2.75) is 19.0 Å². The molecule has 1 aliphatic rings. The molecular weight excluding hydrogens is 467 g/mol. The molecule has 182 valence electrons. The number of aromatic nitrogens is 1. The third-order valence-electron chi connectivity index (χ3n) is 6.28. The van der Waals surface area contributed by atoms with Gasteiger partial charge in [0, 0.05) is 35.9 Å². The van der Waals surface area contributed by atoms with Crippen molar-refractivity contribution in [3.63, 3.8) is 0 Å². The van der Waals surface area contributed by atoms with Gasteiger partial charge < -0.3 is 10.2 Å². The van der Waals surface area contributed by atoms with E-state index in [1.165, 1.54) is 12.1 Å². The fraction of sp³-hybridized carbons (Fsp3) is 0.179. The highest BCUT2D eigenvalue weighted by atomic mass is 19.4. The van der Waals surface area contributed by atoms with Crippen LogP contribution in [0.1, 0.15) is 39.1 Å². The quantitative estimate of drug-likeness (QED) is 0.360. The molecule has 1 N–H and O–H groups in total. The Bertz CT molecular complexity index is 1440. The van der Waals surface area contributed by atoms with Crippen LogP contribution in [0.2, 0.25) is 0 Å². The van der Waals surface area contributed by atoms with E-state index in [0.29, 0.717) is 33.5 Å². The van der Waals surface area contributed by atoms with Crippen LogP contribution in [-0.4, -0.2) is 34.8 Å². The molecule has 0 saturated carbocycles. The van der Waals surface area contributed by atoms with Gasteiger partial charge in [0.15, 0.2) is 0 Å². The zero-order valence-electron chi connectivity index (χ0n) is 19.2. The molecule has 2 heterocycles. The molecule has 0 atom stereocenters. The molecule has 0 aliphatic carbocycles. The van der Waals surface area contributed by atoms with Crippen LogP contribution in [0.15, 0.2) is 79.0 Å². The second-order valence-electron chi connectivity index (χ2n) is 8.71. The topological polar surface area (TPSA) is 62.3 Å². The molecule has 0 radical (unpaired) electrons. The van der Waals surface area contributed by atoms with Crippen LogP contribution < -0.4 is 5.32 Å². The van der Waals surface area contributed by atoms with Gasteiger partial charge in [-0.3, -0.25) is 14.6 Å². The van der Waals surface area contributed by atoms with Crippen LogP contribution >= 0.6 is 0 Å². The molecule has 2 amide bonds. The van der Waals surface area contributed by atoms with Gasteiger partial charge in [0.05, 0.1) is 16.6 Å². The molecule has 5 nitrogen and oxygen atoms in total. The van der Waals surface area contributed by atoms with Crippen molar-refractivity contribution in [2.24, 2.45) is 0 Å². The zero-order chi connectivity index (χ0) is 25.3. The first-order valence-electron chi connectivity index (χ1n) is 11.6. The van der Waals surface area contributed by atoms with Gasteiger partial charge in [0.1, 0.15) is 0 Å². The smallest absolute Gasteiger partial charge is 0.339 e. The number of amides is 2. The van der Waals surface area contributed by atoms with Crippen LogP contribution in [0.5, 0.6) is 0 Å². The van der Waals surface area contributed by atoms with E-state index in [0.717, 1.165) is 43.5 Å². The Balaban J connectivity index is 1.37. The average Bonchev–Trinajstić information content (AvgIpc) is 3.43. The minimum absolute atomic E-state index is 0.0286. The summed E-state index contributed by atoms with van der Waals surface area (Å²) < 4.78 is 38.8. The van der Waals surface area contributed by atoms with E-state index < -0.39 is 17.6 Å². The van der Waals surface area contributed by atoms with Crippen LogP contribution in [0, 0.1) is 0 Å². The average molecular weight is 489 g/mol. The number of rotatable bonds is 4. The fourth-order valence-corrected chi connectivity index (χ4v) is 4.39. The van der Waals surface area contributed by atoms with E-state index in [1.807, 2.05) is 4.90 Å². The number of carbonyl (C=O) groups is 2. The number of pyridine rings is 1. The van der Waals surface area contributed by atoms with Gasteiger partial charge in [-0.25, -0.2) is 0 Å². The van der Waals surface area contributed by atoms with Gasteiger partial charge >= 0.3 is 6.18 Å². The number of anilines is 1. The van der Waals surface area contributed by atoms with Crippen molar-refractivity contribution < 1.29 is 22.8 Å². The van der Waals surface area contributed by atoms with Gasteiger partial charge in [-0.05, 0) is 60.4 Å². The van der Waals surface area contributed by atoms with E-state index in [-0.39, 0.29) is 5.91 Å². The summed E-state index contributed by atoms with van der Waals surface area (Å²) >= 11 is 0. The van der Waals surface area contributed by atoms with Crippen LogP contribution in [0.4, 0.5) is 18.9 Å². The molecule has 1 aliphatic heterocycles. The highest BCUT2D eigenvalue weighted by Crippen LogP contribution is 2.32. The number of hydrogen-bond acceptors (Lipinski definition) is 3. The Morgan fingerprint density at radius 2 is 1.61 bits per heavy atom. The zero-order valence-corrected chi connectivity index (χ0v) is 19.2. The summed E-state index contributed by atoms with van der Waals surface area (Å²) in [5.41, 5.74) is 2.28. The van der Waals surface area contributed by atoms with E-state index in [9.17, 15) is 22.8 Å². The Morgan fingerprint density at radius 1 is 0.889 bits per heavy atom. The maximum atomic E-state index is 13.1. The number of nitrogens with zero attached hydrogens (tertiary/aromatic N) is 2. The standard InChI is InChI=1S/C28H22F3N3O2/c29-28(30,31)21-10-7-18(8-11-21)23-5-1-2-6-24(23)26(35)33-22-12-9-19-15-20(17-32-25(19)16-22)27(36)34-13-3-4-14-34/h1-2,5-12,15-17H,3-4,13-14H2,(H,33,35). The predicted molar refractivity (Wildman–Crippen MR) is 132 cm³/mol. The SMILES string of the molecule is O=C(Nc1ccc2cc(C(=O)N3CCCC3)cnc2c1)c1ccccc1-c1ccc(C(F)(F)F)cc1. The van der Waals surface area contributed by atoms with E-state index >= 15 is 0 Å². The lowest BCUT2D eigenvalue weighted by Crippen LogP contribution is -2.27. The first kappa shape index (κ1) is 23.5. The normalized spacial score (nSPS) is 13.7. The Morgan fingerprint density at radius 3 is 2.33 bits per heavy atom. The van der Waals surface area contributed by atoms with Crippen LogP contribution in [0.25, 0.3) is 22.0 Å². The summed E-state index contributed by atoms with van der Waals surface area (Å²) in [7, 11) is 0. The lowest BCUT2D eigenvalue weighted by Gasteiger charge is -2.15. The van der Waals surface area contributed by atoms with E-state index in [1.54, 1.807) is 54.7 Å². The highest BCUT2D eigenvalue weighted by Gasteiger charge is 2.30. The largest absolute Gasteiger partial charge is 0.416 e. The van der Waals surface area contributed by atoms with E-state index in [2.05, 4.69) is 10.3 Å². The lowest BCUT2D eigenvalue weighted by molar-refractivity contribution is -0.137. The fourth-order valence-electron chi connectivity index (χ4n) is 4.39. The van der Waals surface area contributed by atoms with Crippen LogP contribution in [0.3, 0.4) is 0 Å². The molecule has 0 unspecified atom stereocenters. The van der Waals surface area contributed by atoms with Gasteiger partial charge in [0.2, 0.25) is 0 Å². The molecular formula is C28H22F3N3O2. The number of benzene rings is 3. The summed E-state index contributed by atoms with van der Waals surface area (Å²) in [5, 5.41) is 3.62. The van der Waals surface area contributed by atoms with E-state index in [4.69, 9.17) is 0 Å². The second-order valence-corrected chi connectivity index (χ2v) is 8.71. The monoisotopic (exact) mass is 489 g/mol. The maximum absolute atomic E-state index is 13.1. The van der Waals surface area contributed by atoms with Gasteiger partial charge in [-0.1, -0.05) is 36.4 Å². The number of likely N-dealkylation sites (tertiary alicyclic amines) is 1. The molecule has 0 bridgehead atoms. The number of fused-ring (bicyclic) bond motifs is 1. The minimum atomic E-state index is -4.43. The molecule has 1 saturated heterocycles. The third kappa shape index (κ3) is 4.79. The van der Waals surface area contributed by atoms with Crippen molar-refractivity contribution in [1.82, 2.24) is 9.88 Å². The number of carbonyl (C=O) groups excluding carboxylic acids is 2.